The quantitative estimate of drug-likeness (QED) is 0.830. The molecule has 0 saturated heterocycles. The molecule has 102 valence electrons. The molecule has 0 N–H and O–H groups in total. The van der Waals surface area contributed by atoms with Crippen molar-refractivity contribution in [2.24, 2.45) is 0 Å². The number of aryl methyl sites for hydroxylation is 2. The van der Waals surface area contributed by atoms with Crippen molar-refractivity contribution in [1.82, 2.24) is 0 Å². The van der Waals surface area contributed by atoms with E-state index in [4.69, 9.17) is 21.6 Å². The van der Waals surface area contributed by atoms with Crippen molar-refractivity contribution in [2.75, 3.05) is 0 Å². The van der Waals surface area contributed by atoms with Crippen LogP contribution in [0.4, 0.5) is 4.39 Å². The van der Waals surface area contributed by atoms with Gasteiger partial charge in [-0.2, -0.15) is 5.26 Å². The largest absolute Gasteiger partial charge is 0.488 e. The van der Waals surface area contributed by atoms with Crippen LogP contribution in [0.25, 0.3) is 0 Å². The summed E-state index contributed by atoms with van der Waals surface area (Å²) in [7, 11) is 0. The average Bonchev–Trinajstić information content (AvgIpc) is 2.41. The van der Waals surface area contributed by atoms with Crippen molar-refractivity contribution < 1.29 is 9.13 Å². The number of benzene rings is 2. The zero-order valence-electron chi connectivity index (χ0n) is 11.2. The lowest BCUT2D eigenvalue weighted by molar-refractivity contribution is 0.301. The predicted molar refractivity (Wildman–Crippen MR) is 76.4 cm³/mol. The third kappa shape index (κ3) is 3.09. The first-order valence-corrected chi connectivity index (χ1v) is 6.47. The maximum atomic E-state index is 13.2. The molecule has 4 heteroatoms. The van der Waals surface area contributed by atoms with Crippen LogP contribution in [0.5, 0.6) is 5.75 Å². The van der Waals surface area contributed by atoms with Gasteiger partial charge >= 0.3 is 0 Å². The minimum absolute atomic E-state index is 0.185. The number of nitriles is 1. The van der Waals surface area contributed by atoms with Gasteiger partial charge in [-0.25, -0.2) is 4.39 Å². The van der Waals surface area contributed by atoms with Crippen molar-refractivity contribution in [3.05, 3.63) is 63.4 Å². The molecule has 0 aliphatic rings. The minimum atomic E-state index is -0.346. The van der Waals surface area contributed by atoms with Crippen LogP contribution in [0, 0.1) is 31.0 Å². The summed E-state index contributed by atoms with van der Waals surface area (Å²) in [5.41, 5.74) is 2.93. The number of hydrogen-bond acceptors (Lipinski definition) is 2. The molecule has 0 bridgehead atoms. The molecule has 2 aromatic carbocycles. The number of nitrogens with zero attached hydrogens (tertiary/aromatic N) is 1. The zero-order valence-corrected chi connectivity index (χ0v) is 12.0. The Morgan fingerprint density at radius 1 is 1.20 bits per heavy atom. The van der Waals surface area contributed by atoms with Gasteiger partial charge in [-0.3, -0.25) is 0 Å². The Hall–Kier alpha value is -2.05. The molecule has 0 fully saturated rings. The average molecular weight is 290 g/mol. The summed E-state index contributed by atoms with van der Waals surface area (Å²) in [4.78, 5) is 0. The van der Waals surface area contributed by atoms with Crippen LogP contribution in [0.15, 0.2) is 30.3 Å². The second kappa shape index (κ2) is 5.94. The Kier molecular flexibility index (Phi) is 4.26. The van der Waals surface area contributed by atoms with Gasteiger partial charge in [-0.15, -0.1) is 0 Å². The number of hydrogen-bond donors (Lipinski definition) is 0. The predicted octanol–water partition coefficient (Wildman–Crippen LogP) is 4.55. The van der Waals surface area contributed by atoms with Gasteiger partial charge in [0, 0.05) is 10.6 Å². The first-order chi connectivity index (χ1) is 9.51. The van der Waals surface area contributed by atoms with Gasteiger partial charge in [-0.1, -0.05) is 11.6 Å². The van der Waals surface area contributed by atoms with Crippen LogP contribution >= 0.6 is 11.6 Å². The fourth-order valence-electron chi connectivity index (χ4n) is 2.05. The lowest BCUT2D eigenvalue weighted by atomic mass is 10.1. The van der Waals surface area contributed by atoms with Crippen LogP contribution in [0.1, 0.15) is 22.3 Å². The smallest absolute Gasteiger partial charge is 0.125 e. The van der Waals surface area contributed by atoms with E-state index >= 15 is 0 Å². The third-order valence-corrected chi connectivity index (χ3v) is 3.34. The second-order valence-corrected chi connectivity index (χ2v) is 4.98. The molecule has 0 atom stereocenters. The first-order valence-electron chi connectivity index (χ1n) is 6.09. The molecule has 0 amide bonds. The fraction of sp³-hybridized carbons (Fsp3) is 0.188. The molecule has 20 heavy (non-hydrogen) atoms. The highest BCUT2D eigenvalue weighted by atomic mass is 35.5. The van der Waals surface area contributed by atoms with Gasteiger partial charge < -0.3 is 4.74 Å². The van der Waals surface area contributed by atoms with Gasteiger partial charge in [0.25, 0.3) is 0 Å². The highest BCUT2D eigenvalue weighted by Crippen LogP contribution is 2.27. The van der Waals surface area contributed by atoms with E-state index in [1.54, 1.807) is 12.1 Å². The molecule has 0 spiro atoms. The van der Waals surface area contributed by atoms with Gasteiger partial charge in [-0.05, 0) is 55.3 Å². The summed E-state index contributed by atoms with van der Waals surface area (Å²) in [6.07, 6.45) is 0. The summed E-state index contributed by atoms with van der Waals surface area (Å²) in [5.74, 6) is 0.352. The minimum Gasteiger partial charge on any atom is -0.488 e. The summed E-state index contributed by atoms with van der Waals surface area (Å²) >= 11 is 6.00. The Morgan fingerprint density at radius 3 is 2.45 bits per heavy atom. The molecule has 0 unspecified atom stereocenters. The Bertz CT molecular complexity index is 668. The Balaban J connectivity index is 2.23. The van der Waals surface area contributed by atoms with E-state index in [1.807, 2.05) is 13.8 Å². The molecular formula is C16H13ClFNO. The normalized spacial score (nSPS) is 10.2. The van der Waals surface area contributed by atoms with E-state index in [1.165, 1.54) is 18.2 Å². The zero-order chi connectivity index (χ0) is 14.7. The van der Waals surface area contributed by atoms with Crippen molar-refractivity contribution >= 4 is 11.6 Å². The van der Waals surface area contributed by atoms with Crippen LogP contribution in [-0.2, 0) is 6.61 Å². The maximum absolute atomic E-state index is 13.2. The van der Waals surface area contributed by atoms with Crippen LogP contribution < -0.4 is 4.74 Å². The highest BCUT2D eigenvalue weighted by molar-refractivity contribution is 6.31. The maximum Gasteiger partial charge on any atom is 0.125 e. The molecule has 0 aromatic heterocycles. The standard InChI is InChI=1S/C16H13ClFNO/c1-10-5-12(8-19)6-11(2)16(10)20-9-13-7-14(18)3-4-15(13)17/h3-7H,9H2,1-2H3. The molecule has 0 aliphatic heterocycles. The van der Waals surface area contributed by atoms with Crippen molar-refractivity contribution in [3.8, 4) is 11.8 Å². The second-order valence-electron chi connectivity index (χ2n) is 4.58. The SMILES string of the molecule is Cc1cc(C#N)cc(C)c1OCc1cc(F)ccc1Cl. The Labute approximate surface area is 122 Å². The van der Waals surface area contributed by atoms with Crippen molar-refractivity contribution in [1.29, 1.82) is 5.26 Å². The Morgan fingerprint density at radius 2 is 1.85 bits per heavy atom. The van der Waals surface area contributed by atoms with Crippen molar-refractivity contribution in [3.63, 3.8) is 0 Å². The number of halogens is 2. The molecule has 0 heterocycles. The van der Waals surface area contributed by atoms with Crippen LogP contribution in [0.3, 0.4) is 0 Å². The summed E-state index contributed by atoms with van der Waals surface area (Å²) in [6, 6.07) is 9.79. The van der Waals surface area contributed by atoms with Crippen LogP contribution in [-0.4, -0.2) is 0 Å². The highest BCUT2D eigenvalue weighted by Gasteiger charge is 2.09. The van der Waals surface area contributed by atoms with Gasteiger partial charge in [0.1, 0.15) is 18.2 Å². The molecule has 0 aliphatic carbocycles. The lowest BCUT2D eigenvalue weighted by Gasteiger charge is -2.13. The molecule has 2 nitrogen and oxygen atoms in total. The van der Waals surface area contributed by atoms with E-state index in [2.05, 4.69) is 6.07 Å². The summed E-state index contributed by atoms with van der Waals surface area (Å²) < 4.78 is 18.9. The van der Waals surface area contributed by atoms with Gasteiger partial charge in [0.05, 0.1) is 11.6 Å². The van der Waals surface area contributed by atoms with E-state index in [0.717, 1.165) is 11.1 Å². The molecule has 0 radical (unpaired) electrons. The van der Waals surface area contributed by atoms with E-state index in [9.17, 15) is 4.39 Å². The lowest BCUT2D eigenvalue weighted by Crippen LogP contribution is -2.00. The van der Waals surface area contributed by atoms with E-state index in [0.29, 0.717) is 21.9 Å². The summed E-state index contributed by atoms with van der Waals surface area (Å²) in [6.45, 7) is 3.93. The fourth-order valence-corrected chi connectivity index (χ4v) is 2.22. The molecule has 0 saturated carbocycles. The molecule has 2 aromatic rings. The molecule has 2 rings (SSSR count). The third-order valence-electron chi connectivity index (χ3n) is 2.97. The van der Waals surface area contributed by atoms with Crippen LogP contribution in [0.2, 0.25) is 5.02 Å². The first kappa shape index (κ1) is 14.4. The topological polar surface area (TPSA) is 33.0 Å². The van der Waals surface area contributed by atoms with E-state index < -0.39 is 0 Å². The van der Waals surface area contributed by atoms with Crippen molar-refractivity contribution in [2.45, 2.75) is 20.5 Å². The van der Waals surface area contributed by atoms with E-state index in [-0.39, 0.29) is 12.4 Å². The van der Waals surface area contributed by atoms with Gasteiger partial charge in [0.15, 0.2) is 0 Å². The number of rotatable bonds is 3. The summed E-state index contributed by atoms with van der Waals surface area (Å²) in [5, 5.41) is 9.37. The van der Waals surface area contributed by atoms with Gasteiger partial charge in [0.2, 0.25) is 0 Å². The molecular weight excluding hydrogens is 277 g/mol. The monoisotopic (exact) mass is 289 g/mol. The number of ether oxygens (including phenoxy) is 1.